The van der Waals surface area contributed by atoms with E-state index in [1.54, 1.807) is 0 Å². The van der Waals surface area contributed by atoms with Gasteiger partial charge in [0.15, 0.2) is 5.60 Å². The second-order valence-electron chi connectivity index (χ2n) is 16.6. The number of hydrogen-bond donors (Lipinski definition) is 15. The highest BCUT2D eigenvalue weighted by molar-refractivity contribution is 5.33. The predicted octanol–water partition coefficient (Wildman–Crippen LogP) is -4.00. The molecule has 0 aromatic heterocycles. The third-order valence-electron chi connectivity index (χ3n) is 10.7. The van der Waals surface area contributed by atoms with Crippen LogP contribution in [0.15, 0.2) is 0 Å². The highest BCUT2D eigenvalue weighted by atomic mass is 16.8. The average Bonchev–Trinajstić information content (AvgIpc) is 3.24. The van der Waals surface area contributed by atoms with Crippen LogP contribution < -0.4 is 0 Å². The van der Waals surface area contributed by atoms with Gasteiger partial charge < -0.3 is 95.5 Å². The van der Waals surface area contributed by atoms with Gasteiger partial charge >= 0.3 is 0 Å². The normalized spacial score (nSPS) is 41.2. The molecule has 0 amide bonds. The fourth-order valence-corrected chi connectivity index (χ4v) is 9.20. The van der Waals surface area contributed by atoms with Crippen LogP contribution in [0.5, 0.6) is 0 Å². The maximum absolute atomic E-state index is 13.8. The van der Waals surface area contributed by atoms with Crippen LogP contribution in [0.25, 0.3) is 0 Å². The van der Waals surface area contributed by atoms with Gasteiger partial charge in [-0.3, -0.25) is 0 Å². The third-order valence-corrected chi connectivity index (χ3v) is 10.7. The van der Waals surface area contributed by atoms with E-state index in [-0.39, 0.29) is 0 Å². The summed E-state index contributed by atoms with van der Waals surface area (Å²) in [5.41, 5.74) is -15.2. The lowest BCUT2D eigenvalue weighted by molar-refractivity contribution is -0.533. The van der Waals surface area contributed by atoms with Gasteiger partial charge in [-0.1, -0.05) is 0 Å². The number of ether oxygens (including phenoxy) is 4. The summed E-state index contributed by atoms with van der Waals surface area (Å²) >= 11 is 0. The lowest BCUT2D eigenvalue weighted by Crippen LogP contribution is -2.93. The zero-order valence-corrected chi connectivity index (χ0v) is 33.3. The largest absolute Gasteiger partial charge is 0.394 e. The van der Waals surface area contributed by atoms with Gasteiger partial charge in [0, 0.05) is 44.9 Å². The molecular formula is C36H70O19. The summed E-state index contributed by atoms with van der Waals surface area (Å²) in [7, 11) is 0. The van der Waals surface area contributed by atoms with E-state index in [9.17, 15) is 76.6 Å². The highest BCUT2D eigenvalue weighted by Crippen LogP contribution is 2.67. The van der Waals surface area contributed by atoms with Crippen LogP contribution in [0.1, 0.15) is 100 Å². The first kappa shape index (κ1) is 50.4. The number of aliphatic hydroxyl groups excluding tert-OH is 12. The van der Waals surface area contributed by atoms with Gasteiger partial charge in [0.25, 0.3) is 0 Å². The van der Waals surface area contributed by atoms with E-state index in [0.29, 0.717) is 0 Å². The molecule has 2 heterocycles. The first-order chi connectivity index (χ1) is 25.0. The second-order valence-corrected chi connectivity index (χ2v) is 16.6. The van der Waals surface area contributed by atoms with Crippen LogP contribution in [0.4, 0.5) is 0 Å². The number of hydrogen-bond acceptors (Lipinski definition) is 19. The minimum atomic E-state index is -3.32. The SMILES string of the molecule is CC(O)CO[C@@]1(CC(C)O)[C@@](O)(CC(C)O)[C@](O)(CC(C)O)[C@](CC(C)O)(OC2(CO)O[C@H](CO)[C@@H](O)[C@@H]2O)O[C@]1(CC(C)O)C(O)(CC(C)O)CC(C)O. The van der Waals surface area contributed by atoms with Crippen molar-refractivity contribution in [2.75, 3.05) is 19.8 Å². The van der Waals surface area contributed by atoms with Gasteiger partial charge in [-0.05, 0) is 55.4 Å². The molecule has 19 heteroatoms. The molecule has 2 rings (SSSR count). The van der Waals surface area contributed by atoms with Gasteiger partial charge in [0.1, 0.15) is 47.3 Å². The Hall–Kier alpha value is -0.760. The molecule has 55 heavy (non-hydrogen) atoms. The summed E-state index contributed by atoms with van der Waals surface area (Å²) in [5.74, 6) is -6.15. The summed E-state index contributed by atoms with van der Waals surface area (Å²) in [4.78, 5) is 0. The Labute approximate surface area is 322 Å². The maximum atomic E-state index is 13.8. The molecule has 9 unspecified atom stereocenters. The molecule has 0 radical (unpaired) electrons. The molecule has 328 valence electrons. The number of aliphatic hydroxyl groups is 15. The quantitative estimate of drug-likeness (QED) is 0.0496. The van der Waals surface area contributed by atoms with Crippen LogP contribution in [0, 0.1) is 0 Å². The lowest BCUT2D eigenvalue weighted by atomic mass is 9.48. The van der Waals surface area contributed by atoms with E-state index in [1.807, 2.05) is 0 Å². The molecule has 2 aliphatic heterocycles. The van der Waals surface area contributed by atoms with Crippen molar-refractivity contribution in [2.24, 2.45) is 0 Å². The summed E-state index contributed by atoms with van der Waals surface area (Å²) < 4.78 is 25.5. The fraction of sp³-hybridized carbons (Fsp3) is 1.00. The van der Waals surface area contributed by atoms with Crippen LogP contribution in [0.2, 0.25) is 0 Å². The number of rotatable bonds is 22. The van der Waals surface area contributed by atoms with Crippen LogP contribution in [0.3, 0.4) is 0 Å². The average molecular weight is 807 g/mol. The van der Waals surface area contributed by atoms with Crippen molar-refractivity contribution >= 4 is 0 Å². The monoisotopic (exact) mass is 806 g/mol. The highest BCUT2D eigenvalue weighted by Gasteiger charge is 2.86. The molecule has 15 N–H and O–H groups in total. The molecule has 2 saturated heterocycles. The van der Waals surface area contributed by atoms with Crippen molar-refractivity contribution in [1.29, 1.82) is 0 Å². The van der Waals surface area contributed by atoms with E-state index in [1.165, 1.54) is 55.4 Å². The van der Waals surface area contributed by atoms with E-state index >= 15 is 0 Å². The zero-order chi connectivity index (χ0) is 42.8. The van der Waals surface area contributed by atoms with Crippen molar-refractivity contribution in [3.63, 3.8) is 0 Å². The molecule has 0 aliphatic carbocycles. The van der Waals surface area contributed by atoms with E-state index in [4.69, 9.17) is 18.9 Å². The molecule has 0 saturated carbocycles. The van der Waals surface area contributed by atoms with Crippen molar-refractivity contribution in [2.45, 2.75) is 207 Å². The summed E-state index contributed by atoms with van der Waals surface area (Å²) in [6.45, 7) is 6.68. The Bertz CT molecular complexity index is 1180. The third kappa shape index (κ3) is 9.51. The Morgan fingerprint density at radius 1 is 0.618 bits per heavy atom. The van der Waals surface area contributed by atoms with Gasteiger partial charge in [0.05, 0.1) is 62.0 Å². The Morgan fingerprint density at radius 3 is 1.44 bits per heavy atom. The molecule has 0 bridgehead atoms. The Kier molecular flexibility index (Phi) is 17.1. The van der Waals surface area contributed by atoms with Crippen molar-refractivity contribution < 1.29 is 95.5 Å². The lowest BCUT2D eigenvalue weighted by Gasteiger charge is -2.74. The molecule has 0 aromatic rings. The van der Waals surface area contributed by atoms with Gasteiger partial charge in [-0.2, -0.15) is 0 Å². The van der Waals surface area contributed by atoms with Gasteiger partial charge in [0.2, 0.25) is 11.6 Å². The first-order valence-corrected chi connectivity index (χ1v) is 19.0. The fourth-order valence-electron chi connectivity index (χ4n) is 9.20. The first-order valence-electron chi connectivity index (χ1n) is 19.0. The van der Waals surface area contributed by atoms with Crippen molar-refractivity contribution in [3.8, 4) is 0 Å². The molecule has 17 atom stereocenters. The Morgan fingerprint density at radius 2 is 1.07 bits per heavy atom. The van der Waals surface area contributed by atoms with Crippen LogP contribution in [-0.2, 0) is 18.9 Å². The summed E-state index contributed by atoms with van der Waals surface area (Å²) in [5, 5.41) is 172. The smallest absolute Gasteiger partial charge is 0.224 e. The standard InChI is InChI=1S/C36H70O19/c1-19(39)9-30(49,10-20(2)40)34(13-23(5)43)35(14-24(6)44,52-17-26(8)46)32(50,11-21(3)41)33(51,12-22(4)42)36(55-34,15-25(7)45)54-31(18-38)29(48)28(47)27(16-37)53-31/h19-29,37-51H,9-18H2,1-8H3/t19?,20?,21?,22?,23?,24?,25?,26?,27-,28-,29+,30?,31?,32-,33-,34-,35+,36-/m1/s1. The molecule has 2 fully saturated rings. The maximum Gasteiger partial charge on any atom is 0.224 e. The molecule has 2 aliphatic rings. The van der Waals surface area contributed by atoms with Crippen LogP contribution in [-0.4, -0.2) is 203 Å². The molecular weight excluding hydrogens is 736 g/mol. The zero-order valence-electron chi connectivity index (χ0n) is 33.3. The second kappa shape index (κ2) is 18.7. The molecule has 0 spiro atoms. The van der Waals surface area contributed by atoms with Gasteiger partial charge in [-0.25, -0.2) is 0 Å². The van der Waals surface area contributed by atoms with E-state index < -0.39 is 171 Å². The molecule has 0 aromatic carbocycles. The summed E-state index contributed by atoms with van der Waals surface area (Å²) in [6.07, 6.45) is -24.9. The van der Waals surface area contributed by atoms with Crippen molar-refractivity contribution in [1.82, 2.24) is 0 Å². The van der Waals surface area contributed by atoms with Gasteiger partial charge in [-0.15, -0.1) is 0 Å². The minimum Gasteiger partial charge on any atom is -0.394 e. The topological polar surface area (TPSA) is 340 Å². The van der Waals surface area contributed by atoms with Crippen molar-refractivity contribution in [3.05, 3.63) is 0 Å². The van der Waals surface area contributed by atoms with E-state index in [2.05, 4.69) is 0 Å². The van der Waals surface area contributed by atoms with E-state index in [0.717, 1.165) is 0 Å². The summed E-state index contributed by atoms with van der Waals surface area (Å²) in [6, 6.07) is 0. The predicted molar refractivity (Wildman–Crippen MR) is 191 cm³/mol. The minimum absolute atomic E-state index is 0.763. The Balaban J connectivity index is 3.59. The molecule has 19 nitrogen and oxygen atoms in total. The van der Waals surface area contributed by atoms with Crippen LogP contribution >= 0.6 is 0 Å².